The van der Waals surface area contributed by atoms with Crippen molar-refractivity contribution in [3.8, 4) is 5.82 Å². The van der Waals surface area contributed by atoms with E-state index >= 15 is 0 Å². The topological polar surface area (TPSA) is 81.7 Å². The molecule has 0 fully saturated rings. The van der Waals surface area contributed by atoms with E-state index in [0.29, 0.717) is 5.82 Å². The summed E-state index contributed by atoms with van der Waals surface area (Å²) in [6.07, 6.45) is 0. The normalized spacial score (nSPS) is 11.1. The first kappa shape index (κ1) is 13.5. The molecule has 0 aromatic carbocycles. The highest BCUT2D eigenvalue weighted by Gasteiger charge is 2.16. The van der Waals surface area contributed by atoms with Crippen LogP contribution in [0, 0.1) is 20.8 Å². The van der Waals surface area contributed by atoms with Crippen LogP contribution >= 0.6 is 0 Å². The first-order valence-electron chi connectivity index (χ1n) is 6.32. The molecule has 2 heterocycles. The van der Waals surface area contributed by atoms with Crippen LogP contribution < -0.4 is 11.3 Å². The van der Waals surface area contributed by atoms with Crippen LogP contribution in [0.5, 0.6) is 0 Å². The Kier molecular flexibility index (Phi) is 3.53. The molecule has 0 radical (unpaired) electrons. The Morgan fingerprint density at radius 2 is 1.89 bits per heavy atom. The molecule has 0 unspecified atom stereocenters. The van der Waals surface area contributed by atoms with Gasteiger partial charge < -0.3 is 5.43 Å². The van der Waals surface area contributed by atoms with E-state index in [0.717, 1.165) is 28.6 Å². The molecule has 0 bridgehead atoms. The van der Waals surface area contributed by atoms with Crippen LogP contribution in [0.1, 0.15) is 42.5 Å². The minimum Gasteiger partial charge on any atom is -0.308 e. The molecule has 102 valence electrons. The van der Waals surface area contributed by atoms with Crippen molar-refractivity contribution >= 4 is 5.82 Å². The summed E-state index contributed by atoms with van der Waals surface area (Å²) in [4.78, 5) is 9.04. The largest absolute Gasteiger partial charge is 0.308 e. The molecule has 0 aliphatic heterocycles. The minimum atomic E-state index is 0.225. The summed E-state index contributed by atoms with van der Waals surface area (Å²) in [7, 11) is 0. The molecular formula is C13H20N6. The van der Waals surface area contributed by atoms with E-state index in [4.69, 9.17) is 5.84 Å². The van der Waals surface area contributed by atoms with Crippen LogP contribution in [0.2, 0.25) is 0 Å². The average Bonchev–Trinajstić information content (AvgIpc) is 2.68. The van der Waals surface area contributed by atoms with Gasteiger partial charge in [0.2, 0.25) is 0 Å². The van der Waals surface area contributed by atoms with Crippen molar-refractivity contribution in [1.82, 2.24) is 19.7 Å². The summed E-state index contributed by atoms with van der Waals surface area (Å²) in [5.41, 5.74) is 5.52. The van der Waals surface area contributed by atoms with Gasteiger partial charge in [0, 0.05) is 17.2 Å². The summed E-state index contributed by atoms with van der Waals surface area (Å²) in [5, 5.41) is 4.47. The predicted molar refractivity (Wildman–Crippen MR) is 75.3 cm³/mol. The number of nitrogen functional groups attached to an aromatic ring is 1. The monoisotopic (exact) mass is 260 g/mol. The Bertz CT molecular complexity index is 599. The molecule has 6 heteroatoms. The number of hydrogen-bond donors (Lipinski definition) is 2. The molecule has 2 aromatic rings. The number of hydrazine groups is 1. The second-order valence-electron chi connectivity index (χ2n) is 5.02. The van der Waals surface area contributed by atoms with Gasteiger partial charge in [-0.1, -0.05) is 13.8 Å². The molecule has 6 nitrogen and oxygen atoms in total. The zero-order chi connectivity index (χ0) is 14.2. The van der Waals surface area contributed by atoms with Gasteiger partial charge in [-0.15, -0.1) is 0 Å². The summed E-state index contributed by atoms with van der Waals surface area (Å²) >= 11 is 0. The highest BCUT2D eigenvalue weighted by Crippen LogP contribution is 2.22. The van der Waals surface area contributed by atoms with Crippen LogP contribution in [-0.4, -0.2) is 19.7 Å². The van der Waals surface area contributed by atoms with Crippen LogP contribution in [-0.2, 0) is 0 Å². The number of aromatic nitrogens is 4. The fourth-order valence-electron chi connectivity index (χ4n) is 1.97. The van der Waals surface area contributed by atoms with Crippen molar-refractivity contribution in [3.05, 3.63) is 28.8 Å². The lowest BCUT2D eigenvalue weighted by Gasteiger charge is -2.14. The Morgan fingerprint density at radius 1 is 1.21 bits per heavy atom. The van der Waals surface area contributed by atoms with Gasteiger partial charge >= 0.3 is 0 Å². The van der Waals surface area contributed by atoms with Crippen molar-refractivity contribution in [3.63, 3.8) is 0 Å². The number of nitrogens with one attached hydrogen (secondary N) is 1. The molecule has 19 heavy (non-hydrogen) atoms. The van der Waals surface area contributed by atoms with E-state index in [9.17, 15) is 0 Å². The van der Waals surface area contributed by atoms with Crippen molar-refractivity contribution < 1.29 is 0 Å². The number of nitrogens with zero attached hydrogens (tertiary/aromatic N) is 4. The maximum Gasteiger partial charge on any atom is 0.162 e. The van der Waals surface area contributed by atoms with Gasteiger partial charge in [-0.3, -0.25) is 0 Å². The summed E-state index contributed by atoms with van der Waals surface area (Å²) in [6.45, 7) is 10.0. The van der Waals surface area contributed by atoms with Gasteiger partial charge in [-0.2, -0.15) is 5.10 Å². The average molecular weight is 260 g/mol. The third kappa shape index (κ3) is 2.44. The first-order valence-corrected chi connectivity index (χ1v) is 6.32. The Morgan fingerprint density at radius 3 is 2.37 bits per heavy atom. The molecule has 0 atom stereocenters. The lowest BCUT2D eigenvalue weighted by molar-refractivity contribution is 0.730. The fraction of sp³-hybridized carbons (Fsp3) is 0.462. The van der Waals surface area contributed by atoms with Gasteiger partial charge in [0.25, 0.3) is 0 Å². The van der Waals surface area contributed by atoms with E-state index in [-0.39, 0.29) is 5.92 Å². The number of nitrogens with two attached hydrogens (primary N) is 1. The number of aryl methyl sites for hydroxylation is 2. The van der Waals surface area contributed by atoms with Gasteiger partial charge in [-0.25, -0.2) is 20.5 Å². The van der Waals surface area contributed by atoms with E-state index in [2.05, 4.69) is 34.3 Å². The Labute approximate surface area is 113 Å². The van der Waals surface area contributed by atoms with Crippen LogP contribution in [0.3, 0.4) is 0 Å². The number of hydrogen-bond acceptors (Lipinski definition) is 5. The molecule has 3 N–H and O–H groups in total. The number of rotatable bonds is 3. The van der Waals surface area contributed by atoms with Crippen molar-refractivity contribution in [2.24, 2.45) is 5.84 Å². The number of anilines is 1. The smallest absolute Gasteiger partial charge is 0.162 e. The minimum absolute atomic E-state index is 0.225. The first-order chi connectivity index (χ1) is 8.93. The molecule has 2 rings (SSSR count). The van der Waals surface area contributed by atoms with Crippen molar-refractivity contribution in [2.45, 2.75) is 40.5 Å². The SMILES string of the molecule is Cc1cc(C)n(-c2nc(C(C)C)nc(NN)c2C)n1. The third-order valence-electron chi connectivity index (χ3n) is 3.00. The second-order valence-corrected chi connectivity index (χ2v) is 5.02. The van der Waals surface area contributed by atoms with E-state index in [1.54, 1.807) is 0 Å². The maximum atomic E-state index is 5.54. The highest BCUT2D eigenvalue weighted by molar-refractivity contribution is 5.51. The molecule has 0 aliphatic carbocycles. The van der Waals surface area contributed by atoms with E-state index in [1.165, 1.54) is 0 Å². The molecule has 0 aliphatic rings. The highest BCUT2D eigenvalue weighted by atomic mass is 15.3. The lowest BCUT2D eigenvalue weighted by atomic mass is 10.2. The van der Waals surface area contributed by atoms with Crippen LogP contribution in [0.25, 0.3) is 5.82 Å². The molecule has 0 saturated heterocycles. The zero-order valence-corrected chi connectivity index (χ0v) is 12.0. The molecule has 0 saturated carbocycles. The zero-order valence-electron chi connectivity index (χ0n) is 12.0. The quantitative estimate of drug-likeness (QED) is 0.651. The Balaban J connectivity index is 2.68. The molecule has 0 spiro atoms. The van der Waals surface area contributed by atoms with Crippen LogP contribution in [0.4, 0.5) is 5.82 Å². The van der Waals surface area contributed by atoms with Gasteiger partial charge in [0.1, 0.15) is 11.6 Å². The lowest BCUT2D eigenvalue weighted by Crippen LogP contribution is -2.16. The van der Waals surface area contributed by atoms with Gasteiger partial charge in [-0.05, 0) is 26.8 Å². The molecule has 0 amide bonds. The van der Waals surface area contributed by atoms with Crippen molar-refractivity contribution in [1.29, 1.82) is 0 Å². The maximum absolute atomic E-state index is 5.54. The van der Waals surface area contributed by atoms with Gasteiger partial charge in [0.15, 0.2) is 5.82 Å². The summed E-state index contributed by atoms with van der Waals surface area (Å²) in [5.74, 6) is 7.93. The summed E-state index contributed by atoms with van der Waals surface area (Å²) in [6, 6.07) is 2.02. The standard InChI is InChI=1S/C13H20N6/c1-7(2)11-15-12(17-14)10(5)13(16-11)19-9(4)6-8(3)18-19/h6-7H,14H2,1-5H3,(H,15,16,17). The summed E-state index contributed by atoms with van der Waals surface area (Å²) < 4.78 is 1.83. The van der Waals surface area contributed by atoms with Gasteiger partial charge in [0.05, 0.1) is 5.69 Å². The van der Waals surface area contributed by atoms with E-state index < -0.39 is 0 Å². The van der Waals surface area contributed by atoms with Crippen molar-refractivity contribution in [2.75, 3.05) is 5.43 Å². The second kappa shape index (κ2) is 4.97. The van der Waals surface area contributed by atoms with Crippen LogP contribution in [0.15, 0.2) is 6.07 Å². The Hall–Kier alpha value is -1.95. The molecular weight excluding hydrogens is 240 g/mol. The predicted octanol–water partition coefficient (Wildman–Crippen LogP) is 2.00. The third-order valence-corrected chi connectivity index (χ3v) is 3.00. The molecule has 2 aromatic heterocycles. The van der Waals surface area contributed by atoms with E-state index in [1.807, 2.05) is 31.5 Å². The fourth-order valence-corrected chi connectivity index (χ4v) is 1.97.